The number of aliphatic imine (C=N–C) groups is 1. The Labute approximate surface area is 288 Å². The van der Waals surface area contributed by atoms with Crippen LogP contribution in [0.3, 0.4) is 0 Å². The number of hydrogen-bond acceptors (Lipinski definition) is 9. The smallest absolute Gasteiger partial charge is 0.278 e. The first-order valence-electron chi connectivity index (χ1n) is 15.3. The van der Waals surface area contributed by atoms with Crippen LogP contribution in [0.25, 0.3) is 0 Å². The number of halogens is 1. The highest BCUT2D eigenvalue weighted by molar-refractivity contribution is 9.10. The van der Waals surface area contributed by atoms with Crippen LogP contribution in [0.2, 0.25) is 0 Å². The maximum Gasteiger partial charge on any atom is 0.278 e. The van der Waals surface area contributed by atoms with Crippen molar-refractivity contribution >= 4 is 45.0 Å². The lowest BCUT2D eigenvalue weighted by Crippen LogP contribution is -2.40. The lowest BCUT2D eigenvalue weighted by atomic mass is 10.1. The van der Waals surface area contributed by atoms with Crippen LogP contribution in [0.15, 0.2) is 107 Å². The van der Waals surface area contributed by atoms with E-state index in [1.54, 1.807) is 32.4 Å². The molecule has 1 aliphatic rings. The molecule has 244 valence electrons. The summed E-state index contributed by atoms with van der Waals surface area (Å²) in [6.07, 6.45) is 2.05. The third-order valence-electron chi connectivity index (χ3n) is 8.01. The number of fused-ring (bicyclic) bond motifs is 1. The van der Waals surface area contributed by atoms with Gasteiger partial charge >= 0.3 is 0 Å². The number of benzene rings is 4. The second-order valence-electron chi connectivity index (χ2n) is 11.2. The van der Waals surface area contributed by atoms with E-state index >= 15 is 0 Å². The van der Waals surface area contributed by atoms with E-state index < -0.39 is 0 Å². The minimum Gasteiger partial charge on any atom is -0.493 e. The van der Waals surface area contributed by atoms with E-state index in [0.29, 0.717) is 54.6 Å². The minimum absolute atomic E-state index is 0.0997. The molecule has 6 rings (SSSR count). The highest BCUT2D eigenvalue weighted by atomic mass is 79.9. The van der Waals surface area contributed by atoms with Gasteiger partial charge in [0.2, 0.25) is 5.75 Å². The maximum atomic E-state index is 14.1. The number of aromatic nitrogens is 2. The number of nitrogens with two attached hydrogens (primary N) is 1. The molecule has 0 saturated heterocycles. The van der Waals surface area contributed by atoms with Gasteiger partial charge in [0.25, 0.3) is 11.9 Å². The zero-order valence-corrected chi connectivity index (χ0v) is 28.5. The van der Waals surface area contributed by atoms with Crippen LogP contribution in [0, 0.1) is 0 Å². The number of carbonyl (C=O) groups is 1. The van der Waals surface area contributed by atoms with Gasteiger partial charge in [-0.15, -0.1) is 0 Å². The van der Waals surface area contributed by atoms with Crippen molar-refractivity contribution in [2.45, 2.75) is 19.5 Å². The van der Waals surface area contributed by atoms with E-state index in [2.05, 4.69) is 60.1 Å². The summed E-state index contributed by atoms with van der Waals surface area (Å²) >= 11 is 3.57. The molecule has 0 aliphatic carbocycles. The van der Waals surface area contributed by atoms with Crippen molar-refractivity contribution in [2.24, 2.45) is 4.99 Å². The van der Waals surface area contributed by atoms with Crippen molar-refractivity contribution in [3.63, 3.8) is 0 Å². The van der Waals surface area contributed by atoms with Gasteiger partial charge in [-0.1, -0.05) is 76.6 Å². The molecule has 11 heteroatoms. The van der Waals surface area contributed by atoms with Crippen molar-refractivity contribution in [3.8, 4) is 17.2 Å². The molecule has 0 radical (unpaired) electrons. The Kier molecular flexibility index (Phi) is 9.98. The predicted molar refractivity (Wildman–Crippen MR) is 190 cm³/mol. The van der Waals surface area contributed by atoms with Crippen molar-refractivity contribution in [1.82, 2.24) is 14.9 Å². The van der Waals surface area contributed by atoms with Gasteiger partial charge in [-0.3, -0.25) is 14.6 Å². The third kappa shape index (κ3) is 7.17. The second kappa shape index (κ2) is 14.7. The van der Waals surface area contributed by atoms with Gasteiger partial charge in [0.15, 0.2) is 11.5 Å². The molecule has 2 N–H and O–H groups in total. The molecule has 48 heavy (non-hydrogen) atoms. The summed E-state index contributed by atoms with van der Waals surface area (Å²) in [5.41, 5.74) is 12.0. The van der Waals surface area contributed by atoms with E-state index in [1.807, 2.05) is 66.7 Å². The van der Waals surface area contributed by atoms with Gasteiger partial charge in [-0.05, 0) is 47.0 Å². The molecule has 1 amide bonds. The van der Waals surface area contributed by atoms with E-state index in [9.17, 15) is 4.79 Å². The molecule has 0 fully saturated rings. The summed E-state index contributed by atoms with van der Waals surface area (Å²) in [7, 11) is 4.69. The topological polar surface area (TPSA) is 115 Å². The monoisotopic (exact) mass is 706 g/mol. The molecule has 1 aromatic heterocycles. The fraction of sp³-hybridized carbons (Fsp3) is 0.189. The molecule has 0 bridgehead atoms. The average molecular weight is 708 g/mol. The lowest BCUT2D eigenvalue weighted by Gasteiger charge is -2.28. The second-order valence-corrected chi connectivity index (χ2v) is 12.2. The number of nitrogens with zero attached hydrogens (tertiary/aromatic N) is 5. The standard InChI is InChI=1S/C37H35BrN6O4/c1-46-31-17-26(18-32(47-2)34(31)48-3)16-27-20-40-37(42-35(27)39)41-33-29-19-28(38)14-15-30(29)44(36(33)45)23-43(21-24-10-6-4-7-11-24)22-25-12-8-5-9-13-25/h4-15,17-20H,16,21-23H2,1-3H3,(H2,39,40,42)/b41-33-. The number of hydrogen-bond donors (Lipinski definition) is 1. The van der Waals surface area contributed by atoms with Gasteiger partial charge in [0.05, 0.1) is 33.7 Å². The number of anilines is 2. The highest BCUT2D eigenvalue weighted by Crippen LogP contribution is 2.39. The molecule has 0 unspecified atom stereocenters. The molecule has 0 atom stereocenters. The Hall–Kier alpha value is -5.26. The summed E-state index contributed by atoms with van der Waals surface area (Å²) in [5, 5.41) is 0. The van der Waals surface area contributed by atoms with Crippen LogP contribution in [0.4, 0.5) is 17.5 Å². The molecule has 0 saturated carbocycles. The molecular formula is C37H35BrN6O4. The fourth-order valence-electron chi connectivity index (χ4n) is 5.73. The van der Waals surface area contributed by atoms with Crippen LogP contribution in [0.1, 0.15) is 27.8 Å². The zero-order valence-electron chi connectivity index (χ0n) is 26.9. The first-order chi connectivity index (χ1) is 23.4. The highest BCUT2D eigenvalue weighted by Gasteiger charge is 2.35. The van der Waals surface area contributed by atoms with E-state index in [4.69, 9.17) is 19.9 Å². The van der Waals surface area contributed by atoms with Crippen LogP contribution >= 0.6 is 15.9 Å². The number of nitrogen functional groups attached to an aromatic ring is 1. The third-order valence-corrected chi connectivity index (χ3v) is 8.50. The minimum atomic E-state index is -0.238. The summed E-state index contributed by atoms with van der Waals surface area (Å²) < 4.78 is 17.3. The Bertz CT molecular complexity index is 1890. The zero-order chi connectivity index (χ0) is 33.6. The van der Waals surface area contributed by atoms with Gasteiger partial charge in [0, 0.05) is 41.3 Å². The van der Waals surface area contributed by atoms with E-state index in [0.717, 1.165) is 26.9 Å². The summed E-state index contributed by atoms with van der Waals surface area (Å²) in [4.78, 5) is 31.7. The van der Waals surface area contributed by atoms with Gasteiger partial charge in [0.1, 0.15) is 11.5 Å². The molecule has 5 aromatic rings. The van der Waals surface area contributed by atoms with E-state index in [1.165, 1.54) is 0 Å². The summed E-state index contributed by atoms with van der Waals surface area (Å²) in [6, 6.07) is 29.9. The Morgan fingerprint density at radius 1 is 0.833 bits per heavy atom. The molecule has 4 aromatic carbocycles. The lowest BCUT2D eigenvalue weighted by molar-refractivity contribution is -0.112. The van der Waals surface area contributed by atoms with Crippen LogP contribution < -0.4 is 24.8 Å². The normalized spacial score (nSPS) is 13.2. The first kappa shape index (κ1) is 32.7. The van der Waals surface area contributed by atoms with Crippen LogP contribution in [-0.4, -0.2) is 54.5 Å². The quantitative estimate of drug-likeness (QED) is 0.155. The summed E-state index contributed by atoms with van der Waals surface area (Å²) in [5.74, 6) is 1.70. The summed E-state index contributed by atoms with van der Waals surface area (Å²) in [6.45, 7) is 1.67. The SMILES string of the molecule is COc1cc(Cc2cnc(/N=C3\C(=O)N(CN(Cc4ccccc4)Cc4ccccc4)c4ccc(Br)cc43)nc2N)cc(OC)c1OC. The molecule has 0 spiro atoms. The number of methoxy groups -OCH3 is 3. The fourth-order valence-corrected chi connectivity index (χ4v) is 6.09. The van der Waals surface area contributed by atoms with Crippen molar-refractivity contribution in [1.29, 1.82) is 0 Å². The van der Waals surface area contributed by atoms with E-state index in [-0.39, 0.29) is 23.4 Å². The molecular weight excluding hydrogens is 672 g/mol. The Morgan fingerprint density at radius 2 is 1.46 bits per heavy atom. The van der Waals surface area contributed by atoms with Crippen LogP contribution in [-0.2, 0) is 24.3 Å². The van der Waals surface area contributed by atoms with Gasteiger partial charge in [-0.2, -0.15) is 4.98 Å². The molecule has 2 heterocycles. The van der Waals surface area contributed by atoms with Gasteiger partial charge < -0.3 is 19.9 Å². The molecule has 1 aliphatic heterocycles. The number of carbonyl (C=O) groups excluding carboxylic acids is 1. The number of rotatable bonds is 12. The Balaban J connectivity index is 1.29. The predicted octanol–water partition coefficient (Wildman–Crippen LogP) is 6.57. The van der Waals surface area contributed by atoms with Crippen molar-refractivity contribution in [2.75, 3.05) is 38.6 Å². The van der Waals surface area contributed by atoms with Crippen molar-refractivity contribution < 1.29 is 19.0 Å². The van der Waals surface area contributed by atoms with Crippen molar-refractivity contribution in [3.05, 3.63) is 129 Å². The number of amides is 1. The first-order valence-corrected chi connectivity index (χ1v) is 16.1. The number of ether oxygens (including phenoxy) is 3. The molecule has 10 nitrogen and oxygen atoms in total. The maximum absolute atomic E-state index is 14.1. The van der Waals surface area contributed by atoms with Gasteiger partial charge in [-0.25, -0.2) is 9.98 Å². The average Bonchev–Trinajstić information content (AvgIpc) is 3.34. The van der Waals surface area contributed by atoms with Crippen LogP contribution in [0.5, 0.6) is 17.2 Å². The Morgan fingerprint density at radius 3 is 2.02 bits per heavy atom. The largest absolute Gasteiger partial charge is 0.493 e.